The van der Waals surface area contributed by atoms with Gasteiger partial charge in [0.15, 0.2) is 5.12 Å². The highest BCUT2D eigenvalue weighted by molar-refractivity contribution is 8.13. The molecule has 1 rings (SSSR count). The summed E-state index contributed by atoms with van der Waals surface area (Å²) in [4.78, 5) is 11.5. The molecule has 0 amide bonds. The standard InChI is InChI=1S/C15H28OS/c16-15-13-11-9-7-5-3-1-2-4-6-8-10-12-14-17-15/h1-14H2. The maximum Gasteiger partial charge on any atom is 0.188 e. The van der Waals surface area contributed by atoms with Crippen LogP contribution in [0, 0.1) is 0 Å². The van der Waals surface area contributed by atoms with E-state index in [9.17, 15) is 4.79 Å². The van der Waals surface area contributed by atoms with Crippen molar-refractivity contribution in [2.24, 2.45) is 0 Å². The summed E-state index contributed by atoms with van der Waals surface area (Å²) in [5.41, 5.74) is 0. The molecule has 0 aromatic carbocycles. The number of hydrogen-bond donors (Lipinski definition) is 0. The van der Waals surface area contributed by atoms with E-state index >= 15 is 0 Å². The molecule has 0 spiro atoms. The van der Waals surface area contributed by atoms with Crippen LogP contribution in [0.25, 0.3) is 0 Å². The molecule has 0 radical (unpaired) electrons. The van der Waals surface area contributed by atoms with Gasteiger partial charge in [0.1, 0.15) is 0 Å². The van der Waals surface area contributed by atoms with Gasteiger partial charge < -0.3 is 0 Å². The third kappa shape index (κ3) is 9.70. The molecule has 2 heteroatoms. The van der Waals surface area contributed by atoms with Crippen molar-refractivity contribution in [2.45, 2.75) is 83.5 Å². The molecule has 1 saturated heterocycles. The quantitative estimate of drug-likeness (QED) is 0.582. The summed E-state index contributed by atoms with van der Waals surface area (Å²) in [5.74, 6) is 1.05. The third-order valence-corrected chi connectivity index (χ3v) is 4.56. The Morgan fingerprint density at radius 2 is 1.00 bits per heavy atom. The van der Waals surface area contributed by atoms with Gasteiger partial charge in [-0.3, -0.25) is 4.79 Å². The van der Waals surface area contributed by atoms with Crippen molar-refractivity contribution in [1.29, 1.82) is 0 Å². The minimum Gasteiger partial charge on any atom is -0.287 e. The molecule has 0 atom stereocenters. The SMILES string of the molecule is O=C1CCCCCCCCCCCCCCS1. The molecule has 100 valence electrons. The molecule has 1 fully saturated rings. The van der Waals surface area contributed by atoms with Crippen LogP contribution in [0.4, 0.5) is 0 Å². The van der Waals surface area contributed by atoms with E-state index in [0.29, 0.717) is 5.12 Å². The lowest BCUT2D eigenvalue weighted by Gasteiger charge is -2.05. The lowest BCUT2D eigenvalue weighted by Crippen LogP contribution is -1.94. The predicted octanol–water partition coefficient (Wildman–Crippen LogP) is 5.33. The van der Waals surface area contributed by atoms with Crippen molar-refractivity contribution in [2.75, 3.05) is 5.75 Å². The van der Waals surface area contributed by atoms with Gasteiger partial charge in [0.25, 0.3) is 0 Å². The Hall–Kier alpha value is 0.0200. The van der Waals surface area contributed by atoms with Crippen molar-refractivity contribution in [3.8, 4) is 0 Å². The second-order valence-corrected chi connectivity index (χ2v) is 6.37. The first-order chi connectivity index (χ1) is 8.39. The Morgan fingerprint density at radius 3 is 1.53 bits per heavy atom. The van der Waals surface area contributed by atoms with Crippen molar-refractivity contribution in [3.63, 3.8) is 0 Å². The fraction of sp³-hybridized carbons (Fsp3) is 0.933. The van der Waals surface area contributed by atoms with E-state index in [1.165, 1.54) is 70.6 Å². The smallest absolute Gasteiger partial charge is 0.188 e. The first-order valence-electron chi connectivity index (χ1n) is 7.55. The van der Waals surface area contributed by atoms with Crippen LogP contribution >= 0.6 is 11.8 Å². The average molecular weight is 256 g/mol. The zero-order chi connectivity index (χ0) is 12.2. The van der Waals surface area contributed by atoms with Crippen LogP contribution < -0.4 is 0 Å². The van der Waals surface area contributed by atoms with Gasteiger partial charge in [0.2, 0.25) is 0 Å². The first-order valence-corrected chi connectivity index (χ1v) is 8.54. The molecule has 0 aromatic rings. The Bertz CT molecular complexity index is 173. The second-order valence-electron chi connectivity index (χ2n) is 5.21. The van der Waals surface area contributed by atoms with Gasteiger partial charge in [-0.05, 0) is 12.8 Å². The van der Waals surface area contributed by atoms with E-state index < -0.39 is 0 Å². The minimum atomic E-state index is 0.428. The summed E-state index contributed by atoms with van der Waals surface area (Å²) in [6.45, 7) is 0. The van der Waals surface area contributed by atoms with Gasteiger partial charge in [-0.1, -0.05) is 76.0 Å². The van der Waals surface area contributed by atoms with E-state index in [0.717, 1.165) is 18.6 Å². The molecular formula is C15H28OS. The maximum atomic E-state index is 11.5. The minimum absolute atomic E-state index is 0.428. The van der Waals surface area contributed by atoms with Crippen LogP contribution in [0.1, 0.15) is 83.5 Å². The number of carbonyl (C=O) groups is 1. The van der Waals surface area contributed by atoms with Crippen molar-refractivity contribution in [1.82, 2.24) is 0 Å². The lowest BCUT2D eigenvalue weighted by molar-refractivity contribution is -0.111. The molecule has 1 nitrogen and oxygen atoms in total. The molecule has 17 heavy (non-hydrogen) atoms. The summed E-state index contributed by atoms with van der Waals surface area (Å²) in [5, 5.41) is 0.428. The molecule has 0 saturated carbocycles. The largest absolute Gasteiger partial charge is 0.287 e. The number of carbonyl (C=O) groups excluding carboxylic acids is 1. The van der Waals surface area contributed by atoms with E-state index in [2.05, 4.69) is 0 Å². The van der Waals surface area contributed by atoms with Crippen LogP contribution in [0.3, 0.4) is 0 Å². The van der Waals surface area contributed by atoms with Crippen molar-refractivity contribution in [3.05, 3.63) is 0 Å². The zero-order valence-corrected chi connectivity index (χ0v) is 12.0. The van der Waals surface area contributed by atoms with E-state index in [1.54, 1.807) is 11.8 Å². The van der Waals surface area contributed by atoms with Crippen LogP contribution in [0.2, 0.25) is 0 Å². The summed E-state index contributed by atoms with van der Waals surface area (Å²) in [6.07, 6.45) is 16.9. The van der Waals surface area contributed by atoms with Crippen molar-refractivity contribution < 1.29 is 4.79 Å². The van der Waals surface area contributed by atoms with Crippen molar-refractivity contribution >= 4 is 16.9 Å². The molecule has 1 aliphatic heterocycles. The highest BCUT2D eigenvalue weighted by Crippen LogP contribution is 2.17. The summed E-state index contributed by atoms with van der Waals surface area (Å²) in [7, 11) is 0. The molecule has 0 aromatic heterocycles. The van der Waals surface area contributed by atoms with Gasteiger partial charge in [-0.15, -0.1) is 0 Å². The molecule has 1 aliphatic rings. The van der Waals surface area contributed by atoms with Gasteiger partial charge in [-0.25, -0.2) is 0 Å². The molecule has 0 unspecified atom stereocenters. The highest BCUT2D eigenvalue weighted by Gasteiger charge is 2.03. The highest BCUT2D eigenvalue weighted by atomic mass is 32.2. The topological polar surface area (TPSA) is 17.1 Å². The van der Waals surface area contributed by atoms with Gasteiger partial charge in [0, 0.05) is 12.2 Å². The summed E-state index contributed by atoms with van der Waals surface area (Å²) in [6, 6.07) is 0. The molecule has 0 bridgehead atoms. The third-order valence-electron chi connectivity index (χ3n) is 3.54. The Morgan fingerprint density at radius 1 is 0.588 bits per heavy atom. The normalized spacial score (nSPS) is 23.4. The lowest BCUT2D eigenvalue weighted by atomic mass is 10.0. The van der Waals surface area contributed by atoms with E-state index in [1.807, 2.05) is 0 Å². The Kier molecular flexibility index (Phi) is 9.87. The number of thioether (sulfide) groups is 1. The van der Waals surface area contributed by atoms with Gasteiger partial charge >= 0.3 is 0 Å². The van der Waals surface area contributed by atoms with E-state index in [-0.39, 0.29) is 0 Å². The monoisotopic (exact) mass is 256 g/mol. The molecular weight excluding hydrogens is 228 g/mol. The van der Waals surface area contributed by atoms with Crippen LogP contribution in [0.5, 0.6) is 0 Å². The Labute approximate surface area is 111 Å². The maximum absolute atomic E-state index is 11.5. The molecule has 0 aliphatic carbocycles. The average Bonchev–Trinajstić information content (AvgIpc) is 2.32. The van der Waals surface area contributed by atoms with Gasteiger partial charge in [0.05, 0.1) is 0 Å². The first kappa shape index (κ1) is 15.1. The fourth-order valence-electron chi connectivity index (χ4n) is 2.40. The number of rotatable bonds is 0. The predicted molar refractivity (Wildman–Crippen MR) is 77.5 cm³/mol. The van der Waals surface area contributed by atoms with Crippen LogP contribution in [0.15, 0.2) is 0 Å². The Balaban J connectivity index is 2.11. The molecule has 0 N–H and O–H groups in total. The zero-order valence-electron chi connectivity index (χ0n) is 11.2. The van der Waals surface area contributed by atoms with Crippen LogP contribution in [-0.2, 0) is 4.79 Å². The summed E-state index contributed by atoms with van der Waals surface area (Å²) < 4.78 is 0. The van der Waals surface area contributed by atoms with E-state index in [4.69, 9.17) is 0 Å². The van der Waals surface area contributed by atoms with Crippen LogP contribution in [-0.4, -0.2) is 10.9 Å². The van der Waals surface area contributed by atoms with Gasteiger partial charge in [-0.2, -0.15) is 0 Å². The molecule has 1 heterocycles. The fourth-order valence-corrected chi connectivity index (χ4v) is 3.26. The second kappa shape index (κ2) is 11.1. The number of hydrogen-bond acceptors (Lipinski definition) is 2. The summed E-state index contributed by atoms with van der Waals surface area (Å²) >= 11 is 1.57.